The van der Waals surface area contributed by atoms with E-state index >= 15 is 0 Å². The van der Waals surface area contributed by atoms with Crippen molar-refractivity contribution in [3.05, 3.63) is 29.8 Å². The minimum absolute atomic E-state index is 0.110. The molecule has 1 heterocycles. The molecule has 128 valence electrons. The van der Waals surface area contributed by atoms with Gasteiger partial charge in [0.1, 0.15) is 11.4 Å². The summed E-state index contributed by atoms with van der Waals surface area (Å²) in [6, 6.07) is 7.38. The van der Waals surface area contributed by atoms with E-state index in [-0.39, 0.29) is 29.6 Å². The van der Waals surface area contributed by atoms with Gasteiger partial charge in [-0.05, 0) is 25.3 Å². The number of aliphatic hydroxyl groups is 1. The number of aliphatic hydroxyl groups excluding tert-OH is 1. The Hall–Kier alpha value is -1.75. The maximum Gasteiger partial charge on any atom is 0.315 e. The Morgan fingerprint density at radius 3 is 2.70 bits per heavy atom. The fourth-order valence-corrected chi connectivity index (χ4v) is 2.64. The fraction of sp³-hybridized carbons (Fsp3) is 0.611. The zero-order valence-corrected chi connectivity index (χ0v) is 14.6. The van der Waals surface area contributed by atoms with Crippen LogP contribution in [0.1, 0.15) is 52.6 Å². The summed E-state index contributed by atoms with van der Waals surface area (Å²) < 4.78 is 5.96. The molecule has 2 atom stereocenters. The number of amides is 2. The van der Waals surface area contributed by atoms with Crippen LogP contribution < -0.4 is 15.4 Å². The van der Waals surface area contributed by atoms with Crippen molar-refractivity contribution >= 4 is 6.03 Å². The van der Waals surface area contributed by atoms with E-state index in [1.54, 1.807) is 0 Å². The first-order chi connectivity index (χ1) is 10.6. The van der Waals surface area contributed by atoms with E-state index in [0.29, 0.717) is 6.42 Å². The molecule has 5 heteroatoms. The van der Waals surface area contributed by atoms with Crippen LogP contribution in [0.3, 0.4) is 0 Å². The van der Waals surface area contributed by atoms with E-state index in [1.165, 1.54) is 0 Å². The van der Waals surface area contributed by atoms with E-state index in [1.807, 2.05) is 58.9 Å². The second kappa shape index (κ2) is 6.40. The second-order valence-electron chi connectivity index (χ2n) is 7.89. The summed E-state index contributed by atoms with van der Waals surface area (Å²) in [5, 5.41) is 15.8. The first-order valence-electron chi connectivity index (χ1n) is 8.09. The molecule has 0 saturated carbocycles. The lowest BCUT2D eigenvalue weighted by Crippen LogP contribution is -2.47. The van der Waals surface area contributed by atoms with Gasteiger partial charge in [-0.15, -0.1) is 0 Å². The Labute approximate surface area is 138 Å². The number of ether oxygens (including phenoxy) is 1. The summed E-state index contributed by atoms with van der Waals surface area (Å²) in [4.78, 5) is 12.2. The topological polar surface area (TPSA) is 70.6 Å². The third-order valence-electron chi connectivity index (χ3n) is 4.14. The van der Waals surface area contributed by atoms with E-state index < -0.39 is 6.10 Å². The van der Waals surface area contributed by atoms with E-state index in [9.17, 15) is 9.90 Å². The third kappa shape index (κ3) is 4.61. The van der Waals surface area contributed by atoms with Gasteiger partial charge in [-0.3, -0.25) is 0 Å². The molecule has 5 nitrogen and oxygen atoms in total. The first-order valence-corrected chi connectivity index (χ1v) is 8.09. The van der Waals surface area contributed by atoms with Gasteiger partial charge in [0, 0.05) is 18.5 Å². The van der Waals surface area contributed by atoms with Crippen LogP contribution in [-0.2, 0) is 0 Å². The lowest BCUT2D eigenvalue weighted by molar-refractivity contribution is 0.0617. The molecule has 1 aliphatic rings. The number of nitrogens with one attached hydrogen (secondary N) is 2. The summed E-state index contributed by atoms with van der Waals surface area (Å²) in [5.41, 5.74) is 0.385. The second-order valence-corrected chi connectivity index (χ2v) is 7.89. The number of urea groups is 1. The molecular weight excluding hydrogens is 292 g/mol. The molecule has 1 aromatic carbocycles. The van der Waals surface area contributed by atoms with Crippen molar-refractivity contribution in [3.63, 3.8) is 0 Å². The van der Waals surface area contributed by atoms with Crippen LogP contribution in [0.4, 0.5) is 4.79 Å². The predicted molar refractivity (Wildman–Crippen MR) is 90.5 cm³/mol. The monoisotopic (exact) mass is 320 g/mol. The van der Waals surface area contributed by atoms with Crippen molar-refractivity contribution in [2.75, 3.05) is 6.54 Å². The Bertz CT molecular complexity index is 564. The highest BCUT2D eigenvalue weighted by molar-refractivity contribution is 5.74. The minimum Gasteiger partial charge on any atom is -0.487 e. The molecule has 2 unspecified atom stereocenters. The number of benzene rings is 1. The number of hydrogen-bond donors (Lipinski definition) is 3. The van der Waals surface area contributed by atoms with Crippen molar-refractivity contribution in [3.8, 4) is 5.75 Å². The van der Waals surface area contributed by atoms with Gasteiger partial charge in [0.05, 0.1) is 12.1 Å². The molecule has 0 radical (unpaired) electrons. The number of fused-ring (bicyclic) bond motifs is 1. The SMILES string of the molecule is CC1(C)CC(NC(=O)NCC(O)C(C)(C)C)c2ccccc2O1. The molecule has 1 aliphatic heterocycles. The number of carbonyl (C=O) groups excluding carboxylic acids is 1. The van der Waals surface area contributed by atoms with E-state index in [0.717, 1.165) is 11.3 Å². The summed E-state index contributed by atoms with van der Waals surface area (Å²) in [6.07, 6.45) is 0.103. The van der Waals surface area contributed by atoms with Gasteiger partial charge in [0.2, 0.25) is 0 Å². The van der Waals surface area contributed by atoms with Gasteiger partial charge in [-0.2, -0.15) is 0 Å². The first kappa shape index (κ1) is 17.6. The fourth-order valence-electron chi connectivity index (χ4n) is 2.64. The molecule has 2 amide bonds. The standard InChI is InChI=1S/C18H28N2O3/c1-17(2,3)15(21)11-19-16(22)20-13-10-18(4,5)23-14-9-7-6-8-12(13)14/h6-9,13,15,21H,10-11H2,1-5H3,(H2,19,20,22). The summed E-state index contributed by atoms with van der Waals surface area (Å²) in [5.74, 6) is 0.809. The van der Waals surface area contributed by atoms with Crippen LogP contribution in [0.25, 0.3) is 0 Å². The van der Waals surface area contributed by atoms with Crippen molar-refractivity contribution in [2.24, 2.45) is 5.41 Å². The highest BCUT2D eigenvalue weighted by atomic mass is 16.5. The smallest absolute Gasteiger partial charge is 0.315 e. The summed E-state index contributed by atoms with van der Waals surface area (Å²) in [7, 11) is 0. The Kier molecular flexibility index (Phi) is 4.90. The van der Waals surface area contributed by atoms with Gasteiger partial charge in [-0.1, -0.05) is 39.0 Å². The van der Waals surface area contributed by atoms with Crippen molar-refractivity contribution < 1.29 is 14.6 Å². The quantitative estimate of drug-likeness (QED) is 0.802. The Balaban J connectivity index is 2.01. The van der Waals surface area contributed by atoms with Crippen molar-refractivity contribution in [1.29, 1.82) is 0 Å². The molecule has 0 bridgehead atoms. The highest BCUT2D eigenvalue weighted by Gasteiger charge is 2.34. The molecule has 3 N–H and O–H groups in total. The molecule has 0 saturated heterocycles. The van der Waals surface area contributed by atoms with Gasteiger partial charge in [0.25, 0.3) is 0 Å². The molecule has 0 spiro atoms. The van der Waals surface area contributed by atoms with Crippen LogP contribution in [0.5, 0.6) is 5.75 Å². The van der Waals surface area contributed by atoms with Crippen LogP contribution in [0.15, 0.2) is 24.3 Å². The Morgan fingerprint density at radius 2 is 2.04 bits per heavy atom. The normalized spacial score (nSPS) is 20.9. The van der Waals surface area contributed by atoms with Crippen LogP contribution in [0.2, 0.25) is 0 Å². The van der Waals surface area contributed by atoms with Crippen LogP contribution in [-0.4, -0.2) is 29.4 Å². The molecule has 0 aliphatic carbocycles. The van der Waals surface area contributed by atoms with E-state index in [2.05, 4.69) is 10.6 Å². The van der Waals surface area contributed by atoms with Crippen LogP contribution in [0, 0.1) is 5.41 Å². The third-order valence-corrected chi connectivity index (χ3v) is 4.14. The van der Waals surface area contributed by atoms with Gasteiger partial charge in [-0.25, -0.2) is 4.79 Å². The average molecular weight is 320 g/mol. The summed E-state index contributed by atoms with van der Waals surface area (Å²) >= 11 is 0. The lowest BCUT2D eigenvalue weighted by atomic mass is 9.89. The maximum atomic E-state index is 12.2. The largest absolute Gasteiger partial charge is 0.487 e. The molecule has 1 aromatic rings. The predicted octanol–water partition coefficient (Wildman–Crippen LogP) is 3.00. The molecule has 0 fully saturated rings. The van der Waals surface area contributed by atoms with Crippen LogP contribution >= 0.6 is 0 Å². The summed E-state index contributed by atoms with van der Waals surface area (Å²) in [6.45, 7) is 10.1. The maximum absolute atomic E-state index is 12.2. The lowest BCUT2D eigenvalue weighted by Gasteiger charge is -2.38. The number of carbonyl (C=O) groups is 1. The van der Waals surface area contributed by atoms with Crippen molar-refractivity contribution in [1.82, 2.24) is 10.6 Å². The van der Waals surface area contributed by atoms with Gasteiger partial charge >= 0.3 is 6.03 Å². The molecular formula is C18H28N2O3. The zero-order chi connectivity index (χ0) is 17.3. The number of para-hydroxylation sites is 1. The minimum atomic E-state index is -0.591. The zero-order valence-electron chi connectivity index (χ0n) is 14.6. The molecule has 23 heavy (non-hydrogen) atoms. The Morgan fingerprint density at radius 1 is 1.39 bits per heavy atom. The van der Waals surface area contributed by atoms with E-state index in [4.69, 9.17) is 4.74 Å². The number of rotatable bonds is 3. The van der Waals surface area contributed by atoms with Gasteiger partial charge < -0.3 is 20.5 Å². The van der Waals surface area contributed by atoms with Crippen molar-refractivity contribution in [2.45, 2.75) is 58.8 Å². The number of hydrogen-bond acceptors (Lipinski definition) is 3. The highest BCUT2D eigenvalue weighted by Crippen LogP contribution is 2.39. The van der Waals surface area contributed by atoms with Gasteiger partial charge in [0.15, 0.2) is 0 Å². The molecule has 0 aromatic heterocycles. The molecule has 2 rings (SSSR count). The average Bonchev–Trinajstić information content (AvgIpc) is 2.42.